The molecule has 2 aromatic rings. The zero-order valence-electron chi connectivity index (χ0n) is 13.4. The Labute approximate surface area is 145 Å². The normalized spacial score (nSPS) is 10.7. The van der Waals surface area contributed by atoms with Crippen LogP contribution in [0, 0.1) is 6.92 Å². The Kier molecular flexibility index (Phi) is 6.77. The van der Waals surface area contributed by atoms with Crippen LogP contribution < -0.4 is 9.47 Å². The molecule has 0 radical (unpaired) electrons. The van der Waals surface area contributed by atoms with E-state index in [0.717, 1.165) is 22.4 Å². The number of benzene rings is 1. The molecule has 1 heterocycles. The minimum atomic E-state index is 0.823. The van der Waals surface area contributed by atoms with Crippen molar-refractivity contribution in [1.82, 2.24) is 0 Å². The monoisotopic (exact) mass is 382 g/mol. The van der Waals surface area contributed by atoms with Gasteiger partial charge in [-0.25, -0.2) is 0 Å². The van der Waals surface area contributed by atoms with Crippen LogP contribution in [0.1, 0.15) is 29.7 Å². The van der Waals surface area contributed by atoms with Gasteiger partial charge in [-0.3, -0.25) is 0 Å². The molecule has 0 aliphatic carbocycles. The lowest BCUT2D eigenvalue weighted by molar-refractivity contribution is 0.395. The van der Waals surface area contributed by atoms with Gasteiger partial charge in [-0.05, 0) is 49.9 Å². The molecule has 0 atom stereocenters. The van der Waals surface area contributed by atoms with Crippen LogP contribution in [0.2, 0.25) is 0 Å². The van der Waals surface area contributed by atoms with Crippen molar-refractivity contribution in [3.8, 4) is 21.9 Å². The van der Waals surface area contributed by atoms with E-state index in [0.29, 0.717) is 0 Å². The fraction of sp³-hybridized carbons (Fsp3) is 0.444. The number of hydrogen-bond acceptors (Lipinski definition) is 3. The summed E-state index contributed by atoms with van der Waals surface area (Å²) in [6, 6.07) is 8.29. The number of thiophene rings is 1. The summed E-state index contributed by atoms with van der Waals surface area (Å²) in [5.41, 5.74) is 2.53. The molecule has 0 bridgehead atoms. The predicted molar refractivity (Wildman–Crippen MR) is 98.9 cm³/mol. The van der Waals surface area contributed by atoms with E-state index >= 15 is 0 Å². The largest absolute Gasteiger partial charge is 0.497 e. The van der Waals surface area contributed by atoms with Gasteiger partial charge in [0.05, 0.1) is 14.2 Å². The summed E-state index contributed by atoms with van der Waals surface area (Å²) in [6.07, 6.45) is 4.96. The molecule has 22 heavy (non-hydrogen) atoms. The quantitative estimate of drug-likeness (QED) is 0.421. The molecule has 0 spiro atoms. The Morgan fingerprint density at radius 2 is 1.86 bits per heavy atom. The zero-order valence-corrected chi connectivity index (χ0v) is 15.9. The maximum absolute atomic E-state index is 5.53. The smallest absolute Gasteiger partial charge is 0.131 e. The van der Waals surface area contributed by atoms with Crippen LogP contribution in [0.5, 0.6) is 11.5 Å². The van der Waals surface area contributed by atoms with E-state index in [1.165, 1.54) is 41.0 Å². The van der Waals surface area contributed by atoms with Crippen LogP contribution in [0.25, 0.3) is 10.4 Å². The summed E-state index contributed by atoms with van der Waals surface area (Å²) < 4.78 is 10.8. The average Bonchev–Trinajstić information content (AvgIpc) is 2.91. The van der Waals surface area contributed by atoms with Crippen molar-refractivity contribution in [2.45, 2.75) is 32.6 Å². The highest BCUT2D eigenvalue weighted by molar-refractivity contribution is 9.09. The van der Waals surface area contributed by atoms with E-state index in [4.69, 9.17) is 9.47 Å². The summed E-state index contributed by atoms with van der Waals surface area (Å²) in [4.78, 5) is 2.76. The summed E-state index contributed by atoms with van der Waals surface area (Å²) in [5, 5.41) is 1.10. The molecule has 0 aliphatic rings. The Morgan fingerprint density at radius 3 is 2.55 bits per heavy atom. The number of alkyl halides is 1. The second kappa shape index (κ2) is 8.59. The summed E-state index contributed by atoms with van der Waals surface area (Å²) >= 11 is 5.37. The lowest BCUT2D eigenvalue weighted by Gasteiger charge is -2.08. The van der Waals surface area contributed by atoms with Crippen molar-refractivity contribution in [2.24, 2.45) is 0 Å². The molecule has 2 rings (SSSR count). The molecule has 0 N–H and O–H groups in total. The van der Waals surface area contributed by atoms with Gasteiger partial charge < -0.3 is 9.47 Å². The Bertz CT molecular complexity index is 607. The molecule has 1 aromatic carbocycles. The fourth-order valence-electron chi connectivity index (χ4n) is 2.46. The number of halogens is 1. The minimum absolute atomic E-state index is 0.823. The molecule has 0 aliphatic heterocycles. The van der Waals surface area contributed by atoms with Crippen LogP contribution in [0.3, 0.4) is 0 Å². The van der Waals surface area contributed by atoms with Gasteiger partial charge in [0.15, 0.2) is 0 Å². The summed E-state index contributed by atoms with van der Waals surface area (Å²) in [7, 11) is 3.38. The Hall–Kier alpha value is -1.00. The third kappa shape index (κ3) is 4.26. The van der Waals surface area contributed by atoms with Gasteiger partial charge >= 0.3 is 0 Å². The first-order chi connectivity index (χ1) is 10.7. The van der Waals surface area contributed by atoms with E-state index in [1.807, 2.05) is 23.5 Å². The fourth-order valence-corrected chi connectivity index (χ4v) is 4.10. The van der Waals surface area contributed by atoms with Crippen LogP contribution >= 0.6 is 27.3 Å². The van der Waals surface area contributed by atoms with Gasteiger partial charge in [-0.2, -0.15) is 0 Å². The van der Waals surface area contributed by atoms with E-state index in [1.54, 1.807) is 14.2 Å². The molecule has 120 valence electrons. The second-order valence-electron chi connectivity index (χ2n) is 5.28. The van der Waals surface area contributed by atoms with Crippen molar-refractivity contribution in [3.63, 3.8) is 0 Å². The molecule has 0 unspecified atom stereocenters. The predicted octanol–water partition coefficient (Wildman–Crippen LogP) is 5.85. The van der Waals surface area contributed by atoms with Gasteiger partial charge in [0, 0.05) is 26.7 Å². The van der Waals surface area contributed by atoms with E-state index < -0.39 is 0 Å². The SMILES string of the molecule is COc1ccc(-c2cc(C)c(CCCCCBr)s2)c(OC)c1. The van der Waals surface area contributed by atoms with Crippen LogP contribution in [0.15, 0.2) is 24.3 Å². The number of rotatable bonds is 8. The van der Waals surface area contributed by atoms with Crippen LogP contribution in [-0.4, -0.2) is 19.5 Å². The molecular weight excluding hydrogens is 360 g/mol. The number of aryl methyl sites for hydroxylation is 2. The third-order valence-electron chi connectivity index (χ3n) is 3.73. The van der Waals surface area contributed by atoms with Gasteiger partial charge in [-0.1, -0.05) is 22.4 Å². The maximum Gasteiger partial charge on any atom is 0.131 e. The molecular formula is C18H23BrO2S. The van der Waals surface area contributed by atoms with Gasteiger partial charge in [0.2, 0.25) is 0 Å². The number of unbranched alkanes of at least 4 members (excludes halogenated alkanes) is 2. The van der Waals surface area contributed by atoms with Crippen molar-refractivity contribution < 1.29 is 9.47 Å². The zero-order chi connectivity index (χ0) is 15.9. The van der Waals surface area contributed by atoms with E-state index in [9.17, 15) is 0 Å². The maximum atomic E-state index is 5.53. The van der Waals surface area contributed by atoms with Crippen LogP contribution in [0.4, 0.5) is 0 Å². The lowest BCUT2D eigenvalue weighted by atomic mass is 10.1. The van der Waals surface area contributed by atoms with Gasteiger partial charge in [-0.15, -0.1) is 11.3 Å². The van der Waals surface area contributed by atoms with Crippen LogP contribution in [-0.2, 0) is 6.42 Å². The highest BCUT2D eigenvalue weighted by Gasteiger charge is 2.12. The standard InChI is InChI=1S/C18H23BrO2S/c1-13-11-18(22-17(13)7-5-4-6-10-19)15-9-8-14(20-2)12-16(15)21-3/h8-9,11-12H,4-7,10H2,1-3H3. The molecule has 4 heteroatoms. The first kappa shape index (κ1) is 17.4. The topological polar surface area (TPSA) is 18.5 Å². The summed E-state index contributed by atoms with van der Waals surface area (Å²) in [6.45, 7) is 2.20. The molecule has 2 nitrogen and oxygen atoms in total. The lowest BCUT2D eigenvalue weighted by Crippen LogP contribution is -1.89. The highest BCUT2D eigenvalue weighted by atomic mass is 79.9. The number of methoxy groups -OCH3 is 2. The Balaban J connectivity index is 2.19. The van der Waals surface area contributed by atoms with Crippen molar-refractivity contribution >= 4 is 27.3 Å². The molecule has 1 aromatic heterocycles. The molecule has 0 saturated carbocycles. The third-order valence-corrected chi connectivity index (χ3v) is 5.62. The highest BCUT2D eigenvalue weighted by Crippen LogP contribution is 2.39. The minimum Gasteiger partial charge on any atom is -0.497 e. The molecule has 0 fully saturated rings. The van der Waals surface area contributed by atoms with Gasteiger partial charge in [0.1, 0.15) is 11.5 Å². The summed E-state index contributed by atoms with van der Waals surface area (Å²) in [5.74, 6) is 1.69. The van der Waals surface area contributed by atoms with Gasteiger partial charge in [0.25, 0.3) is 0 Å². The van der Waals surface area contributed by atoms with Crippen molar-refractivity contribution in [2.75, 3.05) is 19.5 Å². The van der Waals surface area contributed by atoms with E-state index in [-0.39, 0.29) is 0 Å². The molecule has 0 amide bonds. The van der Waals surface area contributed by atoms with Crippen molar-refractivity contribution in [3.05, 3.63) is 34.7 Å². The van der Waals surface area contributed by atoms with Crippen molar-refractivity contribution in [1.29, 1.82) is 0 Å². The Morgan fingerprint density at radius 1 is 1.05 bits per heavy atom. The first-order valence-corrected chi connectivity index (χ1v) is 9.51. The number of hydrogen-bond donors (Lipinski definition) is 0. The second-order valence-corrected chi connectivity index (χ2v) is 7.21. The number of ether oxygens (including phenoxy) is 2. The first-order valence-electron chi connectivity index (χ1n) is 7.57. The molecule has 0 saturated heterocycles. The average molecular weight is 383 g/mol. The van der Waals surface area contributed by atoms with E-state index in [2.05, 4.69) is 35.0 Å².